The smallest absolute Gasteiger partial charge is 0.215 e. The van der Waals surface area contributed by atoms with E-state index in [2.05, 4.69) is 4.98 Å². The molecular formula is C15H19N3O. The van der Waals surface area contributed by atoms with E-state index in [1.807, 2.05) is 40.0 Å². The molecule has 0 unspecified atom stereocenters. The van der Waals surface area contributed by atoms with Crippen LogP contribution in [0.1, 0.15) is 47.2 Å². The number of nitrogens with zero attached hydrogens (tertiary/aromatic N) is 2. The third-order valence-electron chi connectivity index (χ3n) is 3.22. The Morgan fingerprint density at radius 3 is 2.32 bits per heavy atom. The Morgan fingerprint density at radius 2 is 1.84 bits per heavy atom. The summed E-state index contributed by atoms with van der Waals surface area (Å²) < 4.78 is 1.78. The zero-order valence-electron chi connectivity index (χ0n) is 11.8. The number of anilines is 1. The van der Waals surface area contributed by atoms with Crippen molar-refractivity contribution >= 4 is 11.6 Å². The Morgan fingerprint density at radius 1 is 1.26 bits per heavy atom. The monoisotopic (exact) mass is 257 g/mol. The fourth-order valence-corrected chi connectivity index (χ4v) is 2.05. The first-order valence-corrected chi connectivity index (χ1v) is 6.35. The molecule has 1 aromatic heterocycles. The summed E-state index contributed by atoms with van der Waals surface area (Å²) in [7, 11) is 1.84. The molecule has 0 radical (unpaired) electrons. The molecule has 0 amide bonds. The molecule has 1 heterocycles. The van der Waals surface area contributed by atoms with Crippen LogP contribution in [0.15, 0.2) is 24.3 Å². The first kappa shape index (κ1) is 13.3. The quantitative estimate of drug-likeness (QED) is 0.860. The van der Waals surface area contributed by atoms with Crippen LogP contribution in [0.4, 0.5) is 5.82 Å². The Hall–Kier alpha value is -2.10. The third-order valence-corrected chi connectivity index (χ3v) is 3.22. The fourth-order valence-electron chi connectivity index (χ4n) is 2.05. The van der Waals surface area contributed by atoms with Crippen molar-refractivity contribution in [2.24, 2.45) is 7.05 Å². The lowest BCUT2D eigenvalue weighted by Gasteiger charge is -2.04. The Labute approximate surface area is 113 Å². The van der Waals surface area contributed by atoms with Crippen molar-refractivity contribution in [3.05, 3.63) is 46.9 Å². The van der Waals surface area contributed by atoms with Gasteiger partial charge in [-0.05, 0) is 6.92 Å². The molecule has 2 N–H and O–H groups in total. The number of carbonyl (C=O) groups excluding carboxylic acids is 1. The molecule has 100 valence electrons. The van der Waals surface area contributed by atoms with E-state index in [1.54, 1.807) is 16.7 Å². The van der Waals surface area contributed by atoms with Crippen LogP contribution in [0.25, 0.3) is 0 Å². The predicted octanol–water partition coefficient (Wildman–Crippen LogP) is 2.67. The van der Waals surface area contributed by atoms with Crippen LogP contribution in [-0.2, 0) is 7.05 Å². The molecule has 0 bridgehead atoms. The molecule has 4 nitrogen and oxygen atoms in total. The zero-order valence-corrected chi connectivity index (χ0v) is 11.8. The Kier molecular flexibility index (Phi) is 3.42. The van der Waals surface area contributed by atoms with Gasteiger partial charge in [0.2, 0.25) is 5.78 Å². The average molecular weight is 257 g/mol. The van der Waals surface area contributed by atoms with Crippen LogP contribution in [-0.4, -0.2) is 15.3 Å². The van der Waals surface area contributed by atoms with E-state index in [9.17, 15) is 4.79 Å². The lowest BCUT2D eigenvalue weighted by molar-refractivity contribution is 0.103. The Balaban J connectivity index is 2.45. The second-order valence-corrected chi connectivity index (χ2v) is 5.11. The fraction of sp³-hybridized carbons (Fsp3) is 0.333. The lowest BCUT2D eigenvalue weighted by atomic mass is 10.1. The van der Waals surface area contributed by atoms with Gasteiger partial charge in [-0.1, -0.05) is 43.7 Å². The summed E-state index contributed by atoms with van der Waals surface area (Å²) in [4.78, 5) is 16.8. The highest BCUT2D eigenvalue weighted by Crippen LogP contribution is 2.22. The molecule has 0 aliphatic carbocycles. The number of ketones is 1. The minimum Gasteiger partial charge on any atom is -0.383 e. The van der Waals surface area contributed by atoms with Crippen molar-refractivity contribution in [1.82, 2.24) is 9.55 Å². The van der Waals surface area contributed by atoms with Crippen molar-refractivity contribution in [1.29, 1.82) is 0 Å². The Bertz CT molecular complexity index is 609. The minimum absolute atomic E-state index is 0.125. The molecule has 0 atom stereocenters. The molecule has 0 aliphatic rings. The molecule has 2 rings (SSSR count). The summed E-state index contributed by atoms with van der Waals surface area (Å²) in [6.07, 6.45) is 0. The van der Waals surface area contributed by atoms with Crippen molar-refractivity contribution in [2.45, 2.75) is 26.7 Å². The van der Waals surface area contributed by atoms with Gasteiger partial charge in [-0.3, -0.25) is 4.79 Å². The largest absolute Gasteiger partial charge is 0.383 e. The average Bonchev–Trinajstić information content (AvgIpc) is 2.67. The van der Waals surface area contributed by atoms with E-state index in [0.717, 1.165) is 11.4 Å². The van der Waals surface area contributed by atoms with E-state index in [0.29, 0.717) is 17.1 Å². The van der Waals surface area contributed by atoms with Crippen molar-refractivity contribution in [2.75, 3.05) is 5.73 Å². The van der Waals surface area contributed by atoms with Gasteiger partial charge < -0.3 is 10.3 Å². The maximum atomic E-state index is 12.4. The highest BCUT2D eigenvalue weighted by Gasteiger charge is 2.21. The topological polar surface area (TPSA) is 60.9 Å². The highest BCUT2D eigenvalue weighted by molar-refractivity contribution is 6.10. The van der Waals surface area contributed by atoms with Crippen molar-refractivity contribution in [3.8, 4) is 0 Å². The summed E-state index contributed by atoms with van der Waals surface area (Å²) in [5.41, 5.74) is 8.07. The second kappa shape index (κ2) is 4.88. The van der Waals surface area contributed by atoms with Crippen LogP contribution in [0.3, 0.4) is 0 Å². The maximum absolute atomic E-state index is 12.4. The van der Waals surface area contributed by atoms with Gasteiger partial charge >= 0.3 is 0 Å². The van der Waals surface area contributed by atoms with Crippen LogP contribution in [0, 0.1) is 6.92 Å². The number of rotatable bonds is 3. The SMILES string of the molecule is Cc1ccc(C(=O)c2nc(C(C)C)n(C)c2N)cc1. The molecule has 0 fully saturated rings. The van der Waals surface area contributed by atoms with E-state index in [4.69, 9.17) is 5.73 Å². The van der Waals surface area contributed by atoms with Gasteiger partial charge in [0, 0.05) is 18.5 Å². The standard InChI is InChI=1S/C15H19N3O/c1-9(2)15-17-12(14(16)18(15)4)13(19)11-7-5-10(3)6-8-11/h5-9H,16H2,1-4H3. The summed E-state index contributed by atoms with van der Waals surface area (Å²) >= 11 is 0. The molecule has 2 aromatic rings. The summed E-state index contributed by atoms with van der Waals surface area (Å²) in [6, 6.07) is 7.44. The van der Waals surface area contributed by atoms with Gasteiger partial charge in [0.25, 0.3) is 0 Å². The van der Waals surface area contributed by atoms with E-state index >= 15 is 0 Å². The number of benzene rings is 1. The number of imidazole rings is 1. The van der Waals surface area contributed by atoms with Crippen LogP contribution >= 0.6 is 0 Å². The molecule has 0 aliphatic heterocycles. The number of nitrogens with two attached hydrogens (primary N) is 1. The second-order valence-electron chi connectivity index (χ2n) is 5.11. The highest BCUT2D eigenvalue weighted by atomic mass is 16.1. The molecule has 0 saturated carbocycles. The van der Waals surface area contributed by atoms with E-state index in [1.165, 1.54) is 0 Å². The molecule has 0 spiro atoms. The molecule has 4 heteroatoms. The van der Waals surface area contributed by atoms with Gasteiger partial charge in [0.15, 0.2) is 5.69 Å². The number of hydrogen-bond donors (Lipinski definition) is 1. The molecule has 0 saturated heterocycles. The van der Waals surface area contributed by atoms with Crippen molar-refractivity contribution < 1.29 is 4.79 Å². The minimum atomic E-state index is -0.125. The van der Waals surface area contributed by atoms with Gasteiger partial charge in [0.1, 0.15) is 11.6 Å². The molecular weight excluding hydrogens is 238 g/mol. The predicted molar refractivity (Wildman–Crippen MR) is 76.3 cm³/mol. The first-order valence-electron chi connectivity index (χ1n) is 6.35. The normalized spacial score (nSPS) is 11.0. The summed E-state index contributed by atoms with van der Waals surface area (Å²) in [6.45, 7) is 6.05. The third kappa shape index (κ3) is 2.38. The van der Waals surface area contributed by atoms with E-state index in [-0.39, 0.29) is 11.7 Å². The van der Waals surface area contributed by atoms with E-state index < -0.39 is 0 Å². The van der Waals surface area contributed by atoms with Gasteiger partial charge in [-0.15, -0.1) is 0 Å². The van der Waals surface area contributed by atoms with Gasteiger partial charge in [-0.2, -0.15) is 0 Å². The summed E-state index contributed by atoms with van der Waals surface area (Å²) in [5.74, 6) is 1.36. The number of aryl methyl sites for hydroxylation is 1. The molecule has 1 aromatic carbocycles. The zero-order chi connectivity index (χ0) is 14.2. The van der Waals surface area contributed by atoms with Gasteiger partial charge in [-0.25, -0.2) is 4.98 Å². The molecule has 19 heavy (non-hydrogen) atoms. The number of aromatic nitrogens is 2. The maximum Gasteiger partial charge on any atom is 0.215 e. The van der Waals surface area contributed by atoms with Crippen LogP contribution in [0.2, 0.25) is 0 Å². The first-order chi connectivity index (χ1) is 8.91. The van der Waals surface area contributed by atoms with Crippen LogP contribution in [0.5, 0.6) is 0 Å². The number of carbonyl (C=O) groups is 1. The van der Waals surface area contributed by atoms with Gasteiger partial charge in [0.05, 0.1) is 0 Å². The lowest BCUT2D eigenvalue weighted by Crippen LogP contribution is -2.07. The van der Waals surface area contributed by atoms with Crippen LogP contribution < -0.4 is 5.73 Å². The number of nitrogen functional groups attached to an aromatic ring is 1. The number of hydrogen-bond acceptors (Lipinski definition) is 3. The van der Waals surface area contributed by atoms with Crippen molar-refractivity contribution in [3.63, 3.8) is 0 Å². The summed E-state index contributed by atoms with van der Waals surface area (Å²) in [5, 5.41) is 0.